The maximum absolute atomic E-state index is 12.5. The molecule has 5 atom stereocenters. The highest BCUT2D eigenvalue weighted by molar-refractivity contribution is 6.76. The van der Waals surface area contributed by atoms with Crippen molar-refractivity contribution in [2.75, 3.05) is 11.9 Å². The molecule has 2 aromatic heterocycles. The minimum Gasteiger partial charge on any atom is -0.390 e. The van der Waals surface area contributed by atoms with Crippen LogP contribution in [0.15, 0.2) is 18.5 Å². The van der Waals surface area contributed by atoms with Crippen LogP contribution >= 0.6 is 0 Å². The molecule has 4 saturated carbocycles. The van der Waals surface area contributed by atoms with Crippen LogP contribution in [0.5, 0.6) is 0 Å². The third kappa shape index (κ3) is 4.15. The summed E-state index contributed by atoms with van der Waals surface area (Å²) >= 11 is 0. The lowest BCUT2D eigenvalue weighted by Gasteiger charge is -2.58. The number of nitrogens with zero attached hydrogens (tertiary/aromatic N) is 2. The molecule has 174 valence electrons. The smallest absolute Gasteiger partial charge is 0.163 e. The van der Waals surface area contributed by atoms with Gasteiger partial charge in [-0.2, -0.15) is 0 Å². The Balaban J connectivity index is 1.40. The van der Waals surface area contributed by atoms with Gasteiger partial charge in [-0.3, -0.25) is 4.79 Å². The fourth-order valence-corrected chi connectivity index (χ4v) is 7.35. The second-order valence-electron chi connectivity index (χ2n) is 11.8. The first-order valence-corrected chi connectivity index (χ1v) is 15.9. The molecule has 3 unspecified atom stereocenters. The molecule has 4 aliphatic rings. The monoisotopic (exact) mass is 455 g/mol. The van der Waals surface area contributed by atoms with Gasteiger partial charge in [-0.15, -0.1) is 0 Å². The Kier molecular flexibility index (Phi) is 5.50. The van der Waals surface area contributed by atoms with Crippen LogP contribution in [0.1, 0.15) is 49.4 Å². The molecule has 0 saturated heterocycles. The number of carbonyl (C=O) groups excluding carboxylic acids is 1. The van der Waals surface area contributed by atoms with E-state index in [1.165, 1.54) is 12.8 Å². The number of hydrogen-bond donors (Lipinski definition) is 2. The Bertz CT molecular complexity index is 1010. The first-order valence-electron chi connectivity index (χ1n) is 12.2. The number of aliphatic hydroxyl groups is 1. The first-order chi connectivity index (χ1) is 15.1. The van der Waals surface area contributed by atoms with Gasteiger partial charge < -0.3 is 19.7 Å². The van der Waals surface area contributed by atoms with Crippen LogP contribution < -0.4 is 5.32 Å². The quantitative estimate of drug-likeness (QED) is 0.336. The molecule has 4 fully saturated rings. The zero-order chi connectivity index (χ0) is 22.7. The van der Waals surface area contributed by atoms with E-state index < -0.39 is 13.7 Å². The van der Waals surface area contributed by atoms with E-state index in [-0.39, 0.29) is 5.78 Å². The van der Waals surface area contributed by atoms with Gasteiger partial charge in [-0.25, -0.2) is 4.98 Å². The highest BCUT2D eigenvalue weighted by atomic mass is 28.3. The van der Waals surface area contributed by atoms with Crippen LogP contribution in [-0.2, 0) is 11.5 Å². The minimum absolute atomic E-state index is 0.0310. The number of ketones is 1. The van der Waals surface area contributed by atoms with E-state index in [0.717, 1.165) is 48.6 Å². The summed E-state index contributed by atoms with van der Waals surface area (Å²) in [6, 6.07) is 3.51. The van der Waals surface area contributed by atoms with Gasteiger partial charge in [0.05, 0.1) is 16.9 Å². The number of aromatic nitrogens is 2. The molecule has 6 rings (SSSR count). The maximum Gasteiger partial charge on any atom is 0.163 e. The summed E-state index contributed by atoms with van der Waals surface area (Å²) in [5, 5.41) is 15.7. The molecular formula is C25H37N3O3Si. The zero-order valence-electron chi connectivity index (χ0n) is 19.9. The van der Waals surface area contributed by atoms with Crippen LogP contribution in [0.2, 0.25) is 25.7 Å². The van der Waals surface area contributed by atoms with E-state index >= 15 is 0 Å². The number of nitrogens with one attached hydrogen (secondary N) is 1. The molecule has 0 aliphatic heterocycles. The summed E-state index contributed by atoms with van der Waals surface area (Å²) in [6.45, 7) is 9.92. The van der Waals surface area contributed by atoms with Crippen LogP contribution in [-0.4, -0.2) is 46.8 Å². The number of ether oxygens (including phenoxy) is 1. The largest absolute Gasteiger partial charge is 0.390 e. The van der Waals surface area contributed by atoms with Crippen molar-refractivity contribution in [1.29, 1.82) is 0 Å². The van der Waals surface area contributed by atoms with Crippen molar-refractivity contribution in [1.82, 2.24) is 9.55 Å². The molecule has 2 aromatic rings. The Morgan fingerprint density at radius 1 is 1.28 bits per heavy atom. The molecule has 4 aliphatic carbocycles. The second kappa shape index (κ2) is 7.96. The van der Waals surface area contributed by atoms with Gasteiger partial charge in [0.25, 0.3) is 0 Å². The SMILES string of the molecule is CC(=O)c1cnc2c(ccn2COCC[Si](C)(C)C)c1NC1[C@@H]2CC3C[C@H]1CC(O)(C3)C2. The Hall–Kier alpha value is -1.70. The number of rotatable bonds is 8. The minimum atomic E-state index is -1.12. The van der Waals surface area contributed by atoms with E-state index in [9.17, 15) is 9.90 Å². The van der Waals surface area contributed by atoms with Crippen molar-refractivity contribution in [2.45, 2.75) is 83.1 Å². The standard InChI is InChI=1S/C25H37N3O3Si/c1-16(29)21-14-26-24-20(5-6-28(24)15-31-7-8-32(2,3)4)23(21)27-22-18-9-17-10-19(22)13-25(30,11-17)12-18/h5-6,14,17-19,22,30H,7-13,15H2,1-4H3,(H,26,27)/t17?,18-,19+,22?,25?. The Morgan fingerprint density at radius 3 is 2.62 bits per heavy atom. The number of fused-ring (bicyclic) bond motifs is 1. The van der Waals surface area contributed by atoms with Gasteiger partial charge in [-0.05, 0) is 68.9 Å². The lowest BCUT2D eigenvalue weighted by Crippen LogP contribution is -2.59. The number of pyridine rings is 1. The van der Waals surface area contributed by atoms with Gasteiger partial charge in [0.15, 0.2) is 5.78 Å². The van der Waals surface area contributed by atoms with E-state index in [1.54, 1.807) is 13.1 Å². The molecule has 0 amide bonds. The van der Waals surface area contributed by atoms with Crippen LogP contribution in [0.3, 0.4) is 0 Å². The zero-order valence-corrected chi connectivity index (χ0v) is 20.9. The number of Topliss-reactive ketones (excluding diaryl/α,β-unsaturated/α-hetero) is 1. The van der Waals surface area contributed by atoms with Crippen molar-refractivity contribution in [3.05, 3.63) is 24.0 Å². The molecule has 6 nitrogen and oxygen atoms in total. The summed E-state index contributed by atoms with van der Waals surface area (Å²) in [7, 11) is -1.12. The van der Waals surface area contributed by atoms with Gasteiger partial charge >= 0.3 is 0 Å². The highest BCUT2D eigenvalue weighted by Crippen LogP contribution is 2.56. The van der Waals surface area contributed by atoms with Gasteiger partial charge in [0, 0.05) is 38.5 Å². The fourth-order valence-electron chi connectivity index (χ4n) is 6.59. The maximum atomic E-state index is 12.5. The molecule has 7 heteroatoms. The summed E-state index contributed by atoms with van der Waals surface area (Å²) in [6.07, 6.45) is 8.85. The van der Waals surface area contributed by atoms with Crippen molar-refractivity contribution in [3.8, 4) is 0 Å². The van der Waals surface area contributed by atoms with Gasteiger partial charge in [-0.1, -0.05) is 19.6 Å². The van der Waals surface area contributed by atoms with E-state index in [0.29, 0.717) is 36.1 Å². The van der Waals surface area contributed by atoms with Crippen molar-refractivity contribution in [3.63, 3.8) is 0 Å². The number of hydrogen-bond acceptors (Lipinski definition) is 5. The molecule has 0 radical (unpaired) electrons. The van der Waals surface area contributed by atoms with Crippen molar-refractivity contribution < 1.29 is 14.6 Å². The summed E-state index contributed by atoms with van der Waals surface area (Å²) < 4.78 is 8.00. The van der Waals surface area contributed by atoms with E-state index in [1.807, 2.05) is 10.8 Å². The number of anilines is 1. The average Bonchev–Trinajstić information content (AvgIpc) is 3.09. The van der Waals surface area contributed by atoms with Crippen molar-refractivity contribution >= 4 is 30.6 Å². The molecule has 0 spiro atoms. The molecule has 32 heavy (non-hydrogen) atoms. The first kappa shape index (κ1) is 22.1. The summed E-state index contributed by atoms with van der Waals surface area (Å²) in [5.74, 6) is 1.64. The predicted molar refractivity (Wildman–Crippen MR) is 130 cm³/mol. The lowest BCUT2D eigenvalue weighted by atomic mass is 9.52. The molecule has 2 heterocycles. The predicted octanol–water partition coefficient (Wildman–Crippen LogP) is 4.90. The normalized spacial score (nSPS) is 31.4. The molecule has 0 aromatic carbocycles. The van der Waals surface area contributed by atoms with E-state index in [2.05, 4.69) is 36.0 Å². The Labute approximate surface area is 191 Å². The van der Waals surface area contributed by atoms with Crippen molar-refractivity contribution in [2.24, 2.45) is 17.8 Å². The Morgan fingerprint density at radius 2 is 2.00 bits per heavy atom. The van der Waals surface area contributed by atoms with Crippen LogP contribution in [0, 0.1) is 17.8 Å². The topological polar surface area (TPSA) is 76.4 Å². The molecular weight excluding hydrogens is 418 g/mol. The summed E-state index contributed by atoms with van der Waals surface area (Å²) in [5.41, 5.74) is 1.96. The van der Waals surface area contributed by atoms with Crippen LogP contribution in [0.25, 0.3) is 11.0 Å². The lowest BCUT2D eigenvalue weighted by molar-refractivity contribution is -0.129. The molecule has 4 bridgehead atoms. The van der Waals surface area contributed by atoms with Gasteiger partial charge in [0.1, 0.15) is 12.4 Å². The molecule has 2 N–H and O–H groups in total. The fraction of sp³-hybridized carbons (Fsp3) is 0.680. The number of carbonyl (C=O) groups is 1. The van der Waals surface area contributed by atoms with E-state index in [4.69, 9.17) is 4.74 Å². The highest BCUT2D eigenvalue weighted by Gasteiger charge is 2.54. The summed E-state index contributed by atoms with van der Waals surface area (Å²) in [4.78, 5) is 17.1. The second-order valence-corrected chi connectivity index (χ2v) is 17.5. The van der Waals surface area contributed by atoms with Gasteiger partial charge in [0.2, 0.25) is 0 Å². The third-order valence-electron chi connectivity index (χ3n) is 7.95. The average molecular weight is 456 g/mol. The third-order valence-corrected chi connectivity index (χ3v) is 9.65. The van der Waals surface area contributed by atoms with Crippen LogP contribution in [0.4, 0.5) is 5.69 Å².